The predicted octanol–water partition coefficient (Wildman–Crippen LogP) is 1.19. The molecule has 0 aliphatic heterocycles. The van der Waals surface area contributed by atoms with Gasteiger partial charge in [0.05, 0.1) is 0 Å². The molecular weight excluding hydrogens is 166 g/mol. The monoisotopic (exact) mass is 179 g/mol. The zero-order valence-electron chi connectivity index (χ0n) is 7.78. The molecule has 0 heterocycles. The Morgan fingerprint density at radius 3 is 2.38 bits per heavy atom. The van der Waals surface area contributed by atoms with Crippen LogP contribution < -0.4 is 5.73 Å². The van der Waals surface area contributed by atoms with Crippen molar-refractivity contribution in [1.29, 1.82) is 0 Å². The van der Waals surface area contributed by atoms with Crippen molar-refractivity contribution in [2.45, 2.75) is 12.6 Å². The molecule has 0 amide bonds. The molecule has 1 aromatic carbocycles. The van der Waals surface area contributed by atoms with E-state index in [0.29, 0.717) is 5.56 Å². The van der Waals surface area contributed by atoms with Gasteiger partial charge in [-0.25, -0.2) is 0 Å². The molecular formula is C10H13NO2. The van der Waals surface area contributed by atoms with Crippen molar-refractivity contribution < 1.29 is 9.53 Å². The number of nitrogens with two attached hydrogens (primary N) is 1. The number of carbonyl (C=O) groups excluding carboxylic acids is 1. The average Bonchev–Trinajstić information content (AvgIpc) is 2.18. The molecule has 0 bridgehead atoms. The van der Waals surface area contributed by atoms with Crippen molar-refractivity contribution in [2.75, 3.05) is 7.11 Å². The van der Waals surface area contributed by atoms with Crippen LogP contribution in [0.4, 0.5) is 0 Å². The van der Waals surface area contributed by atoms with Crippen LogP contribution in [-0.2, 0) is 4.74 Å². The molecule has 0 radical (unpaired) electrons. The van der Waals surface area contributed by atoms with Crippen LogP contribution >= 0.6 is 0 Å². The highest BCUT2D eigenvalue weighted by atomic mass is 16.5. The van der Waals surface area contributed by atoms with E-state index in [0.717, 1.165) is 0 Å². The van der Waals surface area contributed by atoms with Crippen molar-refractivity contribution in [3.63, 3.8) is 0 Å². The van der Waals surface area contributed by atoms with Crippen LogP contribution in [-0.4, -0.2) is 18.6 Å². The minimum Gasteiger partial charge on any atom is -0.357 e. The summed E-state index contributed by atoms with van der Waals surface area (Å²) in [4.78, 5) is 11.6. The number of benzene rings is 1. The summed E-state index contributed by atoms with van der Waals surface area (Å²) < 4.78 is 4.88. The zero-order valence-corrected chi connectivity index (χ0v) is 7.78. The molecule has 0 saturated carbocycles. The van der Waals surface area contributed by atoms with Crippen LogP contribution in [0.3, 0.4) is 0 Å². The van der Waals surface area contributed by atoms with Crippen LogP contribution in [0.25, 0.3) is 0 Å². The van der Waals surface area contributed by atoms with Gasteiger partial charge >= 0.3 is 0 Å². The van der Waals surface area contributed by atoms with Crippen LogP contribution in [0, 0.1) is 0 Å². The number of methoxy groups -OCH3 is 1. The predicted molar refractivity (Wildman–Crippen MR) is 50.4 cm³/mol. The fraction of sp³-hybridized carbons (Fsp3) is 0.300. The standard InChI is InChI=1S/C10H13NO2/c1-10(11,13-2)9(12)8-6-4-3-5-7-8/h3-7H,11H2,1-2H3. The van der Waals surface area contributed by atoms with Gasteiger partial charge in [0.1, 0.15) is 0 Å². The second-order valence-corrected chi connectivity index (χ2v) is 3.01. The summed E-state index contributed by atoms with van der Waals surface area (Å²) in [6.07, 6.45) is 0. The molecule has 0 aliphatic rings. The molecule has 70 valence electrons. The lowest BCUT2D eigenvalue weighted by Crippen LogP contribution is -2.46. The van der Waals surface area contributed by atoms with Crippen LogP contribution in [0.1, 0.15) is 17.3 Å². The first-order valence-electron chi connectivity index (χ1n) is 4.02. The second-order valence-electron chi connectivity index (χ2n) is 3.01. The average molecular weight is 179 g/mol. The van der Waals surface area contributed by atoms with E-state index in [1.807, 2.05) is 6.07 Å². The highest BCUT2D eigenvalue weighted by molar-refractivity contribution is 6.01. The lowest BCUT2D eigenvalue weighted by atomic mass is 10.0. The van der Waals surface area contributed by atoms with Crippen molar-refractivity contribution >= 4 is 5.78 Å². The second kappa shape index (κ2) is 3.68. The van der Waals surface area contributed by atoms with E-state index in [2.05, 4.69) is 0 Å². The van der Waals surface area contributed by atoms with Gasteiger partial charge in [0.25, 0.3) is 0 Å². The quantitative estimate of drug-likeness (QED) is 0.560. The third kappa shape index (κ3) is 2.14. The number of ketones is 1. The van der Waals surface area contributed by atoms with Crippen LogP contribution in [0.2, 0.25) is 0 Å². The summed E-state index contributed by atoms with van der Waals surface area (Å²) >= 11 is 0. The van der Waals surface area contributed by atoms with E-state index in [1.54, 1.807) is 31.2 Å². The number of rotatable bonds is 3. The van der Waals surface area contributed by atoms with E-state index in [4.69, 9.17) is 10.5 Å². The van der Waals surface area contributed by atoms with Gasteiger partial charge in [0.2, 0.25) is 5.78 Å². The number of ether oxygens (including phenoxy) is 1. The molecule has 1 unspecified atom stereocenters. The zero-order chi connectivity index (χ0) is 9.90. The molecule has 3 heteroatoms. The first kappa shape index (κ1) is 9.89. The van der Waals surface area contributed by atoms with Crippen molar-refractivity contribution in [1.82, 2.24) is 0 Å². The van der Waals surface area contributed by atoms with Gasteiger partial charge in [-0.05, 0) is 6.92 Å². The Bertz CT molecular complexity index is 293. The molecule has 0 fully saturated rings. The minimum absolute atomic E-state index is 0.212. The summed E-state index contributed by atoms with van der Waals surface area (Å²) in [5, 5.41) is 0. The summed E-state index contributed by atoms with van der Waals surface area (Å²) in [5.41, 5.74) is 4.95. The molecule has 0 aliphatic carbocycles. The molecule has 3 nitrogen and oxygen atoms in total. The number of carbonyl (C=O) groups is 1. The molecule has 0 spiro atoms. The number of hydrogen-bond acceptors (Lipinski definition) is 3. The first-order chi connectivity index (χ1) is 6.08. The smallest absolute Gasteiger partial charge is 0.209 e. The van der Waals surface area contributed by atoms with E-state index >= 15 is 0 Å². The molecule has 2 N–H and O–H groups in total. The maximum Gasteiger partial charge on any atom is 0.209 e. The van der Waals surface area contributed by atoms with E-state index < -0.39 is 5.72 Å². The summed E-state index contributed by atoms with van der Waals surface area (Å²) in [6.45, 7) is 1.54. The molecule has 1 aromatic rings. The van der Waals surface area contributed by atoms with Crippen LogP contribution in [0.5, 0.6) is 0 Å². The van der Waals surface area contributed by atoms with Gasteiger partial charge in [0, 0.05) is 12.7 Å². The lowest BCUT2D eigenvalue weighted by molar-refractivity contribution is 0.0161. The number of hydrogen-bond donors (Lipinski definition) is 1. The van der Waals surface area contributed by atoms with Gasteiger partial charge in [-0.1, -0.05) is 30.3 Å². The van der Waals surface area contributed by atoms with Crippen molar-refractivity contribution in [3.05, 3.63) is 35.9 Å². The molecule has 0 saturated heterocycles. The third-order valence-electron chi connectivity index (χ3n) is 1.91. The molecule has 13 heavy (non-hydrogen) atoms. The first-order valence-corrected chi connectivity index (χ1v) is 4.02. The normalized spacial score (nSPS) is 15.0. The molecule has 0 aromatic heterocycles. The molecule has 1 atom stereocenters. The van der Waals surface area contributed by atoms with Crippen LogP contribution in [0.15, 0.2) is 30.3 Å². The fourth-order valence-electron chi connectivity index (χ4n) is 0.969. The van der Waals surface area contributed by atoms with E-state index in [-0.39, 0.29) is 5.78 Å². The SMILES string of the molecule is COC(C)(N)C(=O)c1ccccc1. The minimum atomic E-state index is -1.23. The van der Waals surface area contributed by atoms with Gasteiger partial charge in [0.15, 0.2) is 5.72 Å². The maximum atomic E-state index is 11.6. The Kier molecular flexibility index (Phi) is 2.80. The van der Waals surface area contributed by atoms with Gasteiger partial charge < -0.3 is 4.74 Å². The van der Waals surface area contributed by atoms with Gasteiger partial charge in [-0.15, -0.1) is 0 Å². The van der Waals surface area contributed by atoms with Crippen molar-refractivity contribution in [2.24, 2.45) is 5.73 Å². The Morgan fingerprint density at radius 1 is 1.38 bits per heavy atom. The topological polar surface area (TPSA) is 52.3 Å². The Morgan fingerprint density at radius 2 is 1.92 bits per heavy atom. The highest BCUT2D eigenvalue weighted by Gasteiger charge is 2.28. The third-order valence-corrected chi connectivity index (χ3v) is 1.91. The summed E-state index contributed by atoms with van der Waals surface area (Å²) in [5.74, 6) is -0.212. The van der Waals surface area contributed by atoms with E-state index in [9.17, 15) is 4.79 Å². The Hall–Kier alpha value is -1.19. The maximum absolute atomic E-state index is 11.6. The van der Waals surface area contributed by atoms with Gasteiger partial charge in [-0.3, -0.25) is 10.5 Å². The van der Waals surface area contributed by atoms with E-state index in [1.165, 1.54) is 7.11 Å². The van der Waals surface area contributed by atoms with Gasteiger partial charge in [-0.2, -0.15) is 0 Å². The largest absolute Gasteiger partial charge is 0.357 e. The fourth-order valence-corrected chi connectivity index (χ4v) is 0.969. The summed E-state index contributed by atoms with van der Waals surface area (Å²) in [6, 6.07) is 8.86. The molecule has 1 rings (SSSR count). The Balaban J connectivity index is 2.93. The number of Topliss-reactive ketones (excluding diaryl/α,β-unsaturated/α-hetero) is 1. The van der Waals surface area contributed by atoms with Crippen molar-refractivity contribution in [3.8, 4) is 0 Å². The Labute approximate surface area is 77.5 Å². The lowest BCUT2D eigenvalue weighted by Gasteiger charge is -2.20. The summed E-state index contributed by atoms with van der Waals surface area (Å²) in [7, 11) is 1.42. The highest BCUT2D eigenvalue weighted by Crippen LogP contribution is 2.10.